The number of amides is 2. The Balaban J connectivity index is 1.26. The minimum Gasteiger partial charge on any atom is -0.368 e. The van der Waals surface area contributed by atoms with Crippen molar-refractivity contribution in [2.75, 3.05) is 31.1 Å². The Hall–Kier alpha value is -2.93. The van der Waals surface area contributed by atoms with Gasteiger partial charge in [-0.1, -0.05) is 37.1 Å². The third kappa shape index (κ3) is 4.60. The van der Waals surface area contributed by atoms with E-state index in [1.54, 1.807) is 17.0 Å². The predicted octanol–water partition coefficient (Wildman–Crippen LogP) is 3.14. The lowest BCUT2D eigenvalue weighted by Gasteiger charge is -2.41. The normalized spacial score (nSPS) is 25.4. The van der Waals surface area contributed by atoms with E-state index >= 15 is 0 Å². The number of nitrogens with one attached hydrogen (secondary N) is 2. The van der Waals surface area contributed by atoms with Crippen LogP contribution in [-0.4, -0.2) is 48.9 Å². The second-order valence-corrected chi connectivity index (χ2v) is 9.43. The zero-order valence-corrected chi connectivity index (χ0v) is 18.8. The molecule has 3 unspecified atom stereocenters. The lowest BCUT2D eigenvalue weighted by molar-refractivity contribution is -0.133. The van der Waals surface area contributed by atoms with Crippen molar-refractivity contribution in [1.82, 2.24) is 15.8 Å². The van der Waals surface area contributed by atoms with Gasteiger partial charge in [-0.3, -0.25) is 15.0 Å². The maximum atomic E-state index is 14.7. The molecule has 0 spiro atoms. The van der Waals surface area contributed by atoms with Gasteiger partial charge >= 0.3 is 0 Å². The average molecular weight is 451 g/mol. The van der Waals surface area contributed by atoms with Crippen LogP contribution in [0.2, 0.25) is 0 Å². The third-order valence-electron chi connectivity index (χ3n) is 7.46. The highest BCUT2D eigenvalue weighted by Gasteiger charge is 2.39. The van der Waals surface area contributed by atoms with Crippen molar-refractivity contribution in [3.05, 3.63) is 65.5 Å². The predicted molar refractivity (Wildman–Crippen MR) is 125 cm³/mol. The van der Waals surface area contributed by atoms with Gasteiger partial charge in [-0.25, -0.2) is 9.82 Å². The molecule has 2 aromatic rings. The largest absolute Gasteiger partial charge is 0.368 e. The van der Waals surface area contributed by atoms with Crippen molar-refractivity contribution in [2.24, 2.45) is 11.8 Å². The van der Waals surface area contributed by atoms with Crippen LogP contribution >= 0.6 is 0 Å². The fraction of sp³-hybridized carbons (Fsp3) is 0.462. The Labute approximate surface area is 194 Å². The Kier molecular flexibility index (Phi) is 6.31. The smallest absolute Gasteiger partial charge is 0.256 e. The first-order chi connectivity index (χ1) is 16.1. The van der Waals surface area contributed by atoms with E-state index in [0.29, 0.717) is 19.5 Å². The van der Waals surface area contributed by atoms with Crippen molar-refractivity contribution in [3.63, 3.8) is 0 Å². The molecule has 7 heteroatoms. The maximum Gasteiger partial charge on any atom is 0.256 e. The van der Waals surface area contributed by atoms with Crippen LogP contribution in [0.5, 0.6) is 0 Å². The van der Waals surface area contributed by atoms with E-state index in [2.05, 4.69) is 27.9 Å². The number of carbonyl (C=O) groups excluding carboxylic acids is 2. The molecular weight excluding hydrogens is 419 g/mol. The number of carbonyl (C=O) groups is 2. The number of rotatable bonds is 4. The summed E-state index contributed by atoms with van der Waals surface area (Å²) in [5.41, 5.74) is 8.20. The summed E-state index contributed by atoms with van der Waals surface area (Å²) in [5.74, 6) is -0.312. The summed E-state index contributed by atoms with van der Waals surface area (Å²) in [6, 6.07) is 15.1. The van der Waals surface area contributed by atoms with Gasteiger partial charge in [0.25, 0.3) is 5.91 Å². The van der Waals surface area contributed by atoms with Gasteiger partial charge in [0.1, 0.15) is 5.82 Å². The second-order valence-electron chi connectivity index (χ2n) is 9.43. The SMILES string of the molecule is O=C1NNC(Cc2ccc(F)c(C(=O)N3CCN(c4ccccc4)CC3)c2)C2CCCCC12. The quantitative estimate of drug-likeness (QED) is 0.751. The number of halogens is 1. The van der Waals surface area contributed by atoms with Crippen molar-refractivity contribution >= 4 is 17.5 Å². The molecule has 2 heterocycles. The number of benzene rings is 2. The van der Waals surface area contributed by atoms with Crippen LogP contribution < -0.4 is 15.8 Å². The van der Waals surface area contributed by atoms with Crippen LogP contribution in [0.4, 0.5) is 10.1 Å². The van der Waals surface area contributed by atoms with Gasteiger partial charge in [-0.15, -0.1) is 0 Å². The highest BCUT2D eigenvalue weighted by atomic mass is 19.1. The van der Waals surface area contributed by atoms with Crippen molar-refractivity contribution in [2.45, 2.75) is 38.1 Å². The fourth-order valence-corrected chi connectivity index (χ4v) is 5.63. The van der Waals surface area contributed by atoms with E-state index in [1.165, 1.54) is 6.07 Å². The molecule has 0 aromatic heterocycles. The second kappa shape index (κ2) is 9.51. The minimum atomic E-state index is -0.477. The molecule has 2 amide bonds. The lowest BCUT2D eigenvalue weighted by atomic mass is 9.72. The maximum absolute atomic E-state index is 14.7. The van der Waals surface area contributed by atoms with Gasteiger partial charge in [-0.2, -0.15) is 0 Å². The van der Waals surface area contributed by atoms with E-state index in [1.807, 2.05) is 18.2 Å². The van der Waals surface area contributed by atoms with Gasteiger partial charge in [0, 0.05) is 43.8 Å². The molecule has 3 aliphatic rings. The van der Waals surface area contributed by atoms with Gasteiger partial charge in [0.15, 0.2) is 0 Å². The number of piperazine rings is 1. The van der Waals surface area contributed by atoms with Crippen LogP contribution in [0.25, 0.3) is 0 Å². The first-order valence-electron chi connectivity index (χ1n) is 12.0. The number of hydrazine groups is 1. The summed E-state index contributed by atoms with van der Waals surface area (Å²) in [6.45, 7) is 2.59. The fourth-order valence-electron chi connectivity index (χ4n) is 5.63. The topological polar surface area (TPSA) is 64.7 Å². The summed E-state index contributed by atoms with van der Waals surface area (Å²) < 4.78 is 14.7. The van der Waals surface area contributed by atoms with Crippen molar-refractivity contribution in [3.8, 4) is 0 Å². The van der Waals surface area contributed by atoms with E-state index in [0.717, 1.165) is 50.0 Å². The lowest BCUT2D eigenvalue weighted by Crippen LogP contribution is -2.60. The van der Waals surface area contributed by atoms with Crippen molar-refractivity contribution in [1.29, 1.82) is 0 Å². The summed E-state index contributed by atoms with van der Waals surface area (Å²) in [7, 11) is 0. The first kappa shape index (κ1) is 21.9. The summed E-state index contributed by atoms with van der Waals surface area (Å²) in [5, 5.41) is 0. The Morgan fingerprint density at radius 1 is 1.00 bits per heavy atom. The first-order valence-corrected chi connectivity index (χ1v) is 12.0. The highest BCUT2D eigenvalue weighted by molar-refractivity contribution is 5.95. The van der Waals surface area contributed by atoms with E-state index < -0.39 is 5.82 Å². The Morgan fingerprint density at radius 3 is 2.55 bits per heavy atom. The number of hydrogen-bond donors (Lipinski definition) is 2. The van der Waals surface area contributed by atoms with Gasteiger partial charge < -0.3 is 9.80 Å². The van der Waals surface area contributed by atoms with E-state index in [4.69, 9.17) is 0 Å². The third-order valence-corrected chi connectivity index (χ3v) is 7.46. The molecule has 1 aliphatic carbocycles. The molecule has 2 aromatic carbocycles. The van der Waals surface area contributed by atoms with Crippen LogP contribution in [0.3, 0.4) is 0 Å². The summed E-state index contributed by atoms with van der Waals surface area (Å²) in [6.07, 6.45) is 4.83. The molecule has 6 nitrogen and oxygen atoms in total. The number of nitrogens with zero attached hydrogens (tertiary/aromatic N) is 2. The monoisotopic (exact) mass is 450 g/mol. The molecule has 3 fully saturated rings. The summed E-state index contributed by atoms with van der Waals surface area (Å²) >= 11 is 0. The van der Waals surface area contributed by atoms with Gasteiger partial charge in [0.05, 0.1) is 5.56 Å². The molecule has 3 atom stereocenters. The van der Waals surface area contributed by atoms with Gasteiger partial charge in [0.2, 0.25) is 5.91 Å². The molecule has 0 radical (unpaired) electrons. The highest BCUT2D eigenvalue weighted by Crippen LogP contribution is 2.35. The zero-order chi connectivity index (χ0) is 22.8. The molecule has 1 saturated carbocycles. The molecule has 5 rings (SSSR count). The number of fused-ring (bicyclic) bond motifs is 1. The van der Waals surface area contributed by atoms with Crippen LogP contribution in [0, 0.1) is 17.7 Å². The average Bonchev–Trinajstić information content (AvgIpc) is 2.87. The molecule has 2 N–H and O–H groups in total. The van der Waals surface area contributed by atoms with Gasteiger partial charge in [-0.05, 0) is 55.0 Å². The summed E-state index contributed by atoms with van der Waals surface area (Å²) in [4.78, 5) is 29.4. The molecule has 33 heavy (non-hydrogen) atoms. The molecular formula is C26H31FN4O2. The minimum absolute atomic E-state index is 0.0486. The van der Waals surface area contributed by atoms with E-state index in [-0.39, 0.29) is 35.3 Å². The number of anilines is 1. The zero-order valence-electron chi connectivity index (χ0n) is 18.8. The molecule has 0 bridgehead atoms. The molecule has 2 aliphatic heterocycles. The van der Waals surface area contributed by atoms with Crippen LogP contribution in [0.1, 0.15) is 41.6 Å². The Bertz CT molecular complexity index is 1010. The number of para-hydroxylation sites is 1. The standard InChI is InChI=1S/C26H31FN4O2/c27-23-11-10-18(17-24-20-8-4-5-9-21(20)25(32)29-28-24)16-22(23)26(33)31-14-12-30(13-15-31)19-6-2-1-3-7-19/h1-3,6-7,10-11,16,20-21,24,28H,4-5,8-9,12-15,17H2,(H,29,32). The Morgan fingerprint density at radius 2 is 1.76 bits per heavy atom. The van der Waals surface area contributed by atoms with Crippen LogP contribution in [-0.2, 0) is 11.2 Å². The van der Waals surface area contributed by atoms with Crippen molar-refractivity contribution < 1.29 is 14.0 Å². The molecule has 2 saturated heterocycles. The van der Waals surface area contributed by atoms with E-state index in [9.17, 15) is 14.0 Å². The molecule has 174 valence electrons. The van der Waals surface area contributed by atoms with Crippen LogP contribution in [0.15, 0.2) is 48.5 Å². The number of hydrogen-bond acceptors (Lipinski definition) is 4.